The van der Waals surface area contributed by atoms with Crippen LogP contribution in [0.3, 0.4) is 0 Å². The van der Waals surface area contributed by atoms with Crippen LogP contribution in [0.25, 0.3) is 17.2 Å². The number of carbonyl (C=O) groups excluding carboxylic acids is 2. The van der Waals surface area contributed by atoms with Crippen molar-refractivity contribution in [1.82, 2.24) is 15.3 Å². The lowest BCUT2D eigenvalue weighted by molar-refractivity contribution is -0.111. The number of pyridine rings is 2. The molecule has 1 saturated heterocycles. The van der Waals surface area contributed by atoms with E-state index in [1.54, 1.807) is 30.7 Å². The minimum absolute atomic E-state index is 0.0341. The number of furan rings is 1. The molecular weight excluding hydrogens is 504 g/mol. The third-order valence-electron chi connectivity index (χ3n) is 5.88. The van der Waals surface area contributed by atoms with Crippen LogP contribution in [0.15, 0.2) is 47.3 Å². The molecule has 206 valence electrons. The number of hydrogen-bond acceptors (Lipinski definition) is 8. The second-order valence-electron chi connectivity index (χ2n) is 10.4. The number of rotatable bonds is 6. The van der Waals surface area contributed by atoms with E-state index in [9.17, 15) is 14.4 Å². The van der Waals surface area contributed by atoms with Gasteiger partial charge in [-0.15, -0.1) is 0 Å². The molecule has 3 aromatic heterocycles. The van der Waals surface area contributed by atoms with Gasteiger partial charge in [-0.05, 0) is 57.4 Å². The largest absolute Gasteiger partial charge is 0.465 e. The standard InChI is InChI=1S/C27H32N6O6/c1-16-12-17(30-26(37)39-27(2,3)4)15-33(14-16)20-9-11-28-13-19(20)31-22(34)8-7-18-23-21(6-5-10-29-23)38-24(18)32-25(35)36/h5-11,13,16-17,32H,12,14-15H2,1-4H3,(H,30,37)(H,31,34)(H,35,36)/t16-,17+/m1/s1. The smallest absolute Gasteiger partial charge is 0.411 e. The number of alkyl carbamates (subject to hydrolysis) is 1. The van der Waals surface area contributed by atoms with Gasteiger partial charge in [-0.1, -0.05) is 6.92 Å². The Morgan fingerprint density at radius 3 is 2.72 bits per heavy atom. The van der Waals surface area contributed by atoms with Crippen molar-refractivity contribution in [2.24, 2.45) is 5.92 Å². The van der Waals surface area contributed by atoms with Gasteiger partial charge in [0.1, 0.15) is 11.1 Å². The first-order valence-electron chi connectivity index (χ1n) is 12.5. The minimum Gasteiger partial charge on any atom is -0.465 e. The summed E-state index contributed by atoms with van der Waals surface area (Å²) in [6, 6.07) is 4.99. The Labute approximate surface area is 225 Å². The highest BCUT2D eigenvalue weighted by Gasteiger charge is 2.29. The van der Waals surface area contributed by atoms with Gasteiger partial charge in [0, 0.05) is 37.6 Å². The molecule has 3 amide bonds. The van der Waals surface area contributed by atoms with Gasteiger partial charge < -0.3 is 29.8 Å². The fourth-order valence-corrected chi connectivity index (χ4v) is 4.51. The molecule has 12 heteroatoms. The average Bonchev–Trinajstić information content (AvgIpc) is 3.17. The van der Waals surface area contributed by atoms with Crippen molar-refractivity contribution in [3.8, 4) is 0 Å². The Morgan fingerprint density at radius 2 is 1.97 bits per heavy atom. The monoisotopic (exact) mass is 536 g/mol. The normalized spacial score (nSPS) is 17.7. The molecule has 0 unspecified atom stereocenters. The summed E-state index contributed by atoms with van der Waals surface area (Å²) in [5.74, 6) is -0.213. The Bertz CT molecular complexity index is 1390. The number of ether oxygens (including phenoxy) is 1. The van der Waals surface area contributed by atoms with E-state index >= 15 is 0 Å². The van der Waals surface area contributed by atoms with Crippen LogP contribution >= 0.6 is 0 Å². The number of nitrogens with one attached hydrogen (secondary N) is 3. The number of piperidine rings is 1. The van der Waals surface area contributed by atoms with Gasteiger partial charge in [-0.3, -0.25) is 20.1 Å². The molecule has 4 N–H and O–H groups in total. The zero-order chi connectivity index (χ0) is 28.2. The van der Waals surface area contributed by atoms with E-state index in [2.05, 4.69) is 37.7 Å². The van der Waals surface area contributed by atoms with Gasteiger partial charge in [0.2, 0.25) is 11.8 Å². The Morgan fingerprint density at radius 1 is 1.18 bits per heavy atom. The number of carbonyl (C=O) groups is 3. The second-order valence-corrected chi connectivity index (χ2v) is 10.4. The van der Waals surface area contributed by atoms with Crippen molar-refractivity contribution in [2.45, 2.75) is 45.8 Å². The van der Waals surface area contributed by atoms with Crippen LogP contribution in [0.2, 0.25) is 0 Å². The van der Waals surface area contributed by atoms with Crippen molar-refractivity contribution < 1.29 is 28.6 Å². The fourth-order valence-electron chi connectivity index (χ4n) is 4.51. The van der Waals surface area contributed by atoms with Gasteiger partial charge >= 0.3 is 12.2 Å². The Hall–Kier alpha value is -4.61. The van der Waals surface area contributed by atoms with Crippen LogP contribution in [0.1, 0.15) is 39.7 Å². The van der Waals surface area contributed by atoms with E-state index in [0.717, 1.165) is 18.7 Å². The summed E-state index contributed by atoms with van der Waals surface area (Å²) in [5, 5.41) is 17.1. The first kappa shape index (κ1) is 27.4. The third kappa shape index (κ3) is 7.24. The van der Waals surface area contributed by atoms with Crippen LogP contribution in [0, 0.1) is 5.92 Å². The first-order chi connectivity index (χ1) is 18.5. The summed E-state index contributed by atoms with van der Waals surface area (Å²) in [6.07, 6.45) is 6.49. The highest BCUT2D eigenvalue weighted by molar-refractivity contribution is 6.05. The molecule has 0 bridgehead atoms. The number of aromatic nitrogens is 2. The van der Waals surface area contributed by atoms with Crippen LogP contribution in [-0.2, 0) is 9.53 Å². The minimum atomic E-state index is -1.30. The summed E-state index contributed by atoms with van der Waals surface area (Å²) >= 11 is 0. The summed E-state index contributed by atoms with van der Waals surface area (Å²) in [7, 11) is 0. The van der Waals surface area contributed by atoms with Gasteiger partial charge in [0.15, 0.2) is 5.58 Å². The molecule has 0 spiro atoms. The van der Waals surface area contributed by atoms with Crippen LogP contribution in [-0.4, -0.2) is 57.9 Å². The second kappa shape index (κ2) is 11.4. The molecule has 1 aliphatic rings. The Balaban J connectivity index is 1.50. The highest BCUT2D eigenvalue weighted by atomic mass is 16.6. The molecule has 1 fully saturated rings. The lowest BCUT2D eigenvalue weighted by Gasteiger charge is -2.39. The molecule has 39 heavy (non-hydrogen) atoms. The van der Waals surface area contributed by atoms with Crippen LogP contribution in [0.5, 0.6) is 0 Å². The molecule has 4 heterocycles. The van der Waals surface area contributed by atoms with Gasteiger partial charge in [0.05, 0.1) is 23.1 Å². The molecule has 0 radical (unpaired) electrons. The zero-order valence-electron chi connectivity index (χ0n) is 22.2. The number of anilines is 3. The third-order valence-corrected chi connectivity index (χ3v) is 5.88. The molecule has 4 rings (SSSR count). The molecule has 1 aliphatic heterocycles. The van der Waals surface area contributed by atoms with E-state index in [4.69, 9.17) is 14.3 Å². The summed E-state index contributed by atoms with van der Waals surface area (Å²) in [4.78, 5) is 47.0. The first-order valence-corrected chi connectivity index (χ1v) is 12.5. The molecule has 0 aromatic carbocycles. The van der Waals surface area contributed by atoms with Crippen molar-refractivity contribution in [1.29, 1.82) is 0 Å². The van der Waals surface area contributed by atoms with E-state index in [-0.39, 0.29) is 17.8 Å². The summed E-state index contributed by atoms with van der Waals surface area (Å²) < 4.78 is 11.0. The van der Waals surface area contributed by atoms with E-state index < -0.39 is 23.7 Å². The predicted octanol–water partition coefficient (Wildman–Crippen LogP) is 4.70. The van der Waals surface area contributed by atoms with Gasteiger partial charge in [-0.2, -0.15) is 0 Å². The molecule has 3 aromatic rings. The van der Waals surface area contributed by atoms with Gasteiger partial charge in [0.25, 0.3) is 0 Å². The number of hydrogen-bond donors (Lipinski definition) is 4. The maximum absolute atomic E-state index is 12.9. The fraction of sp³-hybridized carbons (Fsp3) is 0.370. The topological polar surface area (TPSA) is 159 Å². The number of nitrogens with zero attached hydrogens (tertiary/aromatic N) is 3. The van der Waals surface area contributed by atoms with Crippen LogP contribution in [0.4, 0.5) is 26.8 Å². The molecule has 0 aliphatic carbocycles. The maximum Gasteiger partial charge on any atom is 0.411 e. The molecule has 2 atom stereocenters. The number of amides is 3. The lowest BCUT2D eigenvalue weighted by Crippen LogP contribution is -2.51. The molecule has 12 nitrogen and oxygen atoms in total. The average molecular weight is 537 g/mol. The van der Waals surface area contributed by atoms with Crippen molar-refractivity contribution in [3.05, 3.63) is 48.4 Å². The zero-order valence-corrected chi connectivity index (χ0v) is 22.2. The van der Waals surface area contributed by atoms with E-state index in [0.29, 0.717) is 28.9 Å². The van der Waals surface area contributed by atoms with Crippen LogP contribution < -0.4 is 20.9 Å². The predicted molar refractivity (Wildman–Crippen MR) is 147 cm³/mol. The van der Waals surface area contributed by atoms with Gasteiger partial charge in [-0.25, -0.2) is 9.59 Å². The quantitative estimate of drug-likeness (QED) is 0.327. The maximum atomic E-state index is 12.9. The van der Waals surface area contributed by atoms with E-state index in [1.165, 1.54) is 12.2 Å². The highest BCUT2D eigenvalue weighted by Crippen LogP contribution is 2.31. The number of carboxylic acid groups (broad SMARTS) is 1. The SMILES string of the molecule is C[C@@H]1C[C@H](NC(=O)OC(C)(C)C)CN(c2ccncc2NC(=O)C=Cc2c(NC(=O)O)oc3cccnc23)C1. The molecule has 0 saturated carbocycles. The summed E-state index contributed by atoms with van der Waals surface area (Å²) in [5.41, 5.74) is 1.79. The van der Waals surface area contributed by atoms with Crippen molar-refractivity contribution in [3.63, 3.8) is 0 Å². The van der Waals surface area contributed by atoms with Crippen molar-refractivity contribution in [2.75, 3.05) is 28.6 Å². The van der Waals surface area contributed by atoms with E-state index in [1.807, 2.05) is 26.8 Å². The summed E-state index contributed by atoms with van der Waals surface area (Å²) in [6.45, 7) is 8.81. The number of fused-ring (bicyclic) bond motifs is 1. The Kier molecular flexibility index (Phi) is 8.03. The molecular formula is C27H32N6O6. The van der Waals surface area contributed by atoms with Crippen molar-refractivity contribution >= 4 is 52.5 Å². The lowest BCUT2D eigenvalue weighted by atomic mass is 9.95.